The lowest BCUT2D eigenvalue weighted by atomic mass is 10.2. The van der Waals surface area contributed by atoms with Crippen molar-refractivity contribution in [2.75, 3.05) is 11.4 Å². The highest BCUT2D eigenvalue weighted by Crippen LogP contribution is 2.26. The standard InChI is InChI=1S/C24H19FN2O5S/c1-16-22(26-23(31-16)17-6-4-3-5-7-17)24(28)32-20-12-10-19(11-13-20)27(2)33(29,30)21-14-8-18(25)9-15-21/h3-15H,1-2H3. The maximum Gasteiger partial charge on any atom is 0.366 e. The lowest BCUT2D eigenvalue weighted by molar-refractivity contribution is 0.0727. The quantitative estimate of drug-likeness (QED) is 0.299. The molecule has 0 aliphatic carbocycles. The molecular formula is C24H19FN2O5S. The number of nitrogens with zero attached hydrogens (tertiary/aromatic N) is 2. The van der Waals surface area contributed by atoms with Crippen molar-refractivity contribution in [2.45, 2.75) is 11.8 Å². The van der Waals surface area contributed by atoms with Crippen LogP contribution in [0.2, 0.25) is 0 Å². The first kappa shape index (κ1) is 22.2. The van der Waals surface area contributed by atoms with Gasteiger partial charge >= 0.3 is 5.97 Å². The molecule has 0 unspecified atom stereocenters. The van der Waals surface area contributed by atoms with E-state index in [-0.39, 0.29) is 16.3 Å². The molecule has 1 heterocycles. The Morgan fingerprint density at radius 2 is 1.61 bits per heavy atom. The minimum Gasteiger partial charge on any atom is -0.441 e. The van der Waals surface area contributed by atoms with Gasteiger partial charge in [-0.05, 0) is 67.6 Å². The summed E-state index contributed by atoms with van der Waals surface area (Å²) in [6, 6.07) is 19.6. The second-order valence-corrected chi connectivity index (χ2v) is 9.07. The number of halogens is 1. The van der Waals surface area contributed by atoms with Crippen LogP contribution in [0.25, 0.3) is 11.5 Å². The molecule has 4 rings (SSSR count). The molecular weight excluding hydrogens is 447 g/mol. The van der Waals surface area contributed by atoms with E-state index >= 15 is 0 Å². The number of rotatable bonds is 6. The van der Waals surface area contributed by atoms with Gasteiger partial charge in [0.25, 0.3) is 10.0 Å². The molecule has 7 nitrogen and oxygen atoms in total. The zero-order chi connectivity index (χ0) is 23.6. The lowest BCUT2D eigenvalue weighted by Crippen LogP contribution is -2.26. The Kier molecular flexibility index (Phi) is 5.97. The number of carbonyl (C=O) groups excluding carboxylic acids is 1. The van der Waals surface area contributed by atoms with E-state index in [9.17, 15) is 17.6 Å². The Morgan fingerprint density at radius 3 is 2.24 bits per heavy atom. The van der Waals surface area contributed by atoms with E-state index in [1.54, 1.807) is 6.92 Å². The maximum absolute atomic E-state index is 13.1. The molecule has 0 saturated carbocycles. The predicted molar refractivity (Wildman–Crippen MR) is 120 cm³/mol. The van der Waals surface area contributed by atoms with Crippen molar-refractivity contribution >= 4 is 21.7 Å². The van der Waals surface area contributed by atoms with Gasteiger partial charge in [0.05, 0.1) is 10.6 Å². The van der Waals surface area contributed by atoms with Gasteiger partial charge in [0, 0.05) is 12.6 Å². The monoisotopic (exact) mass is 466 g/mol. The minimum atomic E-state index is -3.88. The molecule has 0 N–H and O–H groups in total. The van der Waals surface area contributed by atoms with Gasteiger partial charge in [0.1, 0.15) is 17.3 Å². The van der Waals surface area contributed by atoms with Crippen molar-refractivity contribution in [3.63, 3.8) is 0 Å². The van der Waals surface area contributed by atoms with Gasteiger partial charge in [-0.25, -0.2) is 22.6 Å². The summed E-state index contributed by atoms with van der Waals surface area (Å²) in [6.07, 6.45) is 0. The highest BCUT2D eigenvalue weighted by atomic mass is 32.2. The van der Waals surface area contributed by atoms with Crippen LogP contribution in [0.1, 0.15) is 16.2 Å². The smallest absolute Gasteiger partial charge is 0.366 e. The maximum atomic E-state index is 13.1. The number of sulfonamides is 1. The van der Waals surface area contributed by atoms with Crippen molar-refractivity contribution < 1.29 is 26.8 Å². The van der Waals surface area contributed by atoms with Crippen LogP contribution in [-0.2, 0) is 10.0 Å². The molecule has 0 aliphatic rings. The van der Waals surface area contributed by atoms with Crippen LogP contribution in [0.4, 0.5) is 10.1 Å². The summed E-state index contributed by atoms with van der Waals surface area (Å²) >= 11 is 0. The fraction of sp³-hybridized carbons (Fsp3) is 0.0833. The number of esters is 1. The summed E-state index contributed by atoms with van der Waals surface area (Å²) in [7, 11) is -2.50. The van der Waals surface area contributed by atoms with Gasteiger partial charge in [0.2, 0.25) is 5.89 Å². The summed E-state index contributed by atoms with van der Waals surface area (Å²) in [5.41, 5.74) is 1.12. The second-order valence-electron chi connectivity index (χ2n) is 7.10. The van der Waals surface area contributed by atoms with Gasteiger partial charge in [-0.3, -0.25) is 4.31 Å². The third-order valence-electron chi connectivity index (χ3n) is 4.89. The third kappa shape index (κ3) is 4.63. The first-order chi connectivity index (χ1) is 15.8. The summed E-state index contributed by atoms with van der Waals surface area (Å²) in [4.78, 5) is 16.8. The van der Waals surface area contributed by atoms with Crippen LogP contribution in [0, 0.1) is 12.7 Å². The number of ether oxygens (including phenoxy) is 1. The van der Waals surface area contributed by atoms with Crippen LogP contribution < -0.4 is 9.04 Å². The number of aromatic nitrogens is 1. The Labute approximate surface area is 190 Å². The van der Waals surface area contributed by atoms with E-state index in [0.717, 1.165) is 22.0 Å². The van der Waals surface area contributed by atoms with Crippen molar-refractivity contribution in [3.05, 3.63) is 96.1 Å². The highest BCUT2D eigenvalue weighted by molar-refractivity contribution is 7.92. The molecule has 4 aromatic rings. The van der Waals surface area contributed by atoms with Crippen LogP contribution in [0.3, 0.4) is 0 Å². The molecule has 168 valence electrons. The van der Waals surface area contributed by atoms with E-state index in [0.29, 0.717) is 17.3 Å². The molecule has 1 aromatic heterocycles. The molecule has 0 atom stereocenters. The number of carbonyl (C=O) groups is 1. The average Bonchev–Trinajstić information content (AvgIpc) is 3.22. The molecule has 3 aromatic carbocycles. The summed E-state index contributed by atoms with van der Waals surface area (Å²) < 4.78 is 50.6. The van der Waals surface area contributed by atoms with Crippen LogP contribution in [-0.4, -0.2) is 26.4 Å². The van der Waals surface area contributed by atoms with Crippen LogP contribution >= 0.6 is 0 Å². The summed E-state index contributed by atoms with van der Waals surface area (Å²) in [5, 5.41) is 0. The van der Waals surface area contributed by atoms with Crippen LogP contribution in [0.15, 0.2) is 88.2 Å². The van der Waals surface area contributed by atoms with E-state index in [2.05, 4.69) is 4.98 Å². The molecule has 33 heavy (non-hydrogen) atoms. The number of benzene rings is 3. The zero-order valence-corrected chi connectivity index (χ0v) is 18.5. The molecule has 0 aliphatic heterocycles. The van der Waals surface area contributed by atoms with Crippen LogP contribution in [0.5, 0.6) is 5.75 Å². The first-order valence-corrected chi connectivity index (χ1v) is 11.3. The number of hydrogen-bond acceptors (Lipinski definition) is 6. The third-order valence-corrected chi connectivity index (χ3v) is 6.69. The first-order valence-electron chi connectivity index (χ1n) is 9.85. The van der Waals surface area contributed by atoms with Gasteiger partial charge in [-0.15, -0.1) is 0 Å². The normalized spacial score (nSPS) is 11.2. The lowest BCUT2D eigenvalue weighted by Gasteiger charge is -2.19. The van der Waals surface area contributed by atoms with Crippen molar-refractivity contribution in [1.29, 1.82) is 0 Å². The molecule has 0 fully saturated rings. The Morgan fingerprint density at radius 1 is 0.970 bits per heavy atom. The van der Waals surface area contributed by atoms with Crippen molar-refractivity contribution in [3.8, 4) is 17.2 Å². The summed E-state index contributed by atoms with van der Waals surface area (Å²) in [6.45, 7) is 1.62. The minimum absolute atomic E-state index is 0.0439. The highest BCUT2D eigenvalue weighted by Gasteiger charge is 2.23. The predicted octanol–water partition coefficient (Wildman–Crippen LogP) is 4.83. The fourth-order valence-corrected chi connectivity index (χ4v) is 4.27. The van der Waals surface area contributed by atoms with Gasteiger partial charge < -0.3 is 9.15 Å². The number of anilines is 1. The topological polar surface area (TPSA) is 89.7 Å². The Bertz CT molecular complexity index is 1380. The van der Waals surface area contributed by atoms with Crippen molar-refractivity contribution in [1.82, 2.24) is 4.98 Å². The van der Waals surface area contributed by atoms with E-state index in [4.69, 9.17) is 9.15 Å². The second kappa shape index (κ2) is 8.87. The fourth-order valence-electron chi connectivity index (χ4n) is 3.07. The number of hydrogen-bond donors (Lipinski definition) is 0. The van der Waals surface area contributed by atoms with E-state index in [1.807, 2.05) is 30.3 Å². The largest absolute Gasteiger partial charge is 0.441 e. The van der Waals surface area contributed by atoms with Crippen molar-refractivity contribution in [2.24, 2.45) is 0 Å². The van der Waals surface area contributed by atoms with Gasteiger partial charge in [0.15, 0.2) is 5.69 Å². The van der Waals surface area contributed by atoms with E-state index < -0.39 is 21.8 Å². The number of oxazole rings is 1. The van der Waals surface area contributed by atoms with Gasteiger partial charge in [-0.1, -0.05) is 18.2 Å². The zero-order valence-electron chi connectivity index (χ0n) is 17.7. The molecule has 0 saturated heterocycles. The SMILES string of the molecule is Cc1oc(-c2ccccc2)nc1C(=O)Oc1ccc(N(C)S(=O)(=O)c2ccc(F)cc2)cc1. The number of aryl methyl sites for hydroxylation is 1. The molecule has 0 radical (unpaired) electrons. The summed E-state index contributed by atoms with van der Waals surface area (Å²) in [5.74, 6) is -0.386. The van der Waals surface area contributed by atoms with E-state index in [1.165, 1.54) is 43.4 Å². The Balaban J connectivity index is 1.49. The molecule has 9 heteroatoms. The molecule has 0 spiro atoms. The molecule has 0 amide bonds. The van der Waals surface area contributed by atoms with Gasteiger partial charge in [-0.2, -0.15) is 0 Å². The Hall–Kier alpha value is -3.98. The molecule has 0 bridgehead atoms. The average molecular weight is 466 g/mol.